The van der Waals surface area contributed by atoms with Crippen molar-refractivity contribution in [2.24, 2.45) is 0 Å². The van der Waals surface area contributed by atoms with Gasteiger partial charge in [0.1, 0.15) is 73.2 Å². The van der Waals surface area contributed by atoms with Gasteiger partial charge in [0, 0.05) is 6.42 Å². The van der Waals surface area contributed by atoms with Gasteiger partial charge in [-0.1, -0.05) is 279 Å². The molecule has 0 spiro atoms. The highest BCUT2D eigenvalue weighted by atomic mass is 16.8. The monoisotopic (exact) mass is 1360 g/mol. The van der Waals surface area contributed by atoms with Crippen LogP contribution in [0.4, 0.5) is 0 Å². The number of aliphatic hydroxyl groups is 11. The first-order chi connectivity index (χ1) is 46.8. The Balaban J connectivity index is 1.41. The minimum absolute atomic E-state index is 0.246. The van der Waals surface area contributed by atoms with Crippen molar-refractivity contribution in [3.63, 3.8) is 0 Å². The zero-order valence-electron chi connectivity index (χ0n) is 59.3. The molecule has 3 aliphatic rings. The minimum Gasteiger partial charge on any atom is -0.394 e. The van der Waals surface area contributed by atoms with Crippen molar-refractivity contribution in [3.05, 3.63) is 72.9 Å². The molecule has 1 amide bonds. The number of ether oxygens (including phenoxy) is 6. The van der Waals surface area contributed by atoms with E-state index in [-0.39, 0.29) is 18.9 Å². The molecule has 0 aliphatic carbocycles. The van der Waals surface area contributed by atoms with Crippen LogP contribution in [0.2, 0.25) is 0 Å². The number of rotatable bonds is 59. The topological polar surface area (TPSA) is 307 Å². The Labute approximate surface area is 578 Å². The van der Waals surface area contributed by atoms with Crippen LogP contribution in [0.25, 0.3) is 0 Å². The molecule has 19 heteroatoms. The normalized spacial score (nSPS) is 27.4. The standard InChI is InChI=1S/C77H137NO18/c1-3-5-7-9-11-13-15-17-19-21-23-25-27-29-31-32-34-36-38-40-42-44-46-48-50-52-54-61(82)60(78-65(83)55-53-51-49-47-45-43-41-39-37-35-33-30-28-26-24-22-20-18-16-14-12-10-8-6-4-2)59-91-75-71(89)68(86)73(63(57-80)93-75)96-77-72(90)69(87)74(64(58-81)94-77)95-76-70(88)67(85)66(84)62(56-79)92-76/h6,8,12,14,18,20,24,26,30,33,37,39,60-64,66-77,79-82,84-90H,3-5,7,9-11,13,15-17,19,21-23,25,27-29,31-32,34-36,38,40-59H2,1-2H3,(H,78,83)/b8-6-,14-12-,20-18-,26-24-,33-30-,39-37-. The minimum atomic E-state index is -1.98. The Morgan fingerprint density at radius 3 is 1.12 bits per heavy atom. The Bertz CT molecular complexity index is 2020. The maximum atomic E-state index is 13.5. The largest absolute Gasteiger partial charge is 0.394 e. The lowest BCUT2D eigenvalue weighted by atomic mass is 9.96. The molecule has 0 aromatic heterocycles. The van der Waals surface area contributed by atoms with Gasteiger partial charge in [0.25, 0.3) is 0 Å². The zero-order chi connectivity index (χ0) is 69.6. The molecule has 17 unspecified atom stereocenters. The Morgan fingerprint density at radius 2 is 0.719 bits per heavy atom. The van der Waals surface area contributed by atoms with E-state index in [0.29, 0.717) is 12.8 Å². The summed E-state index contributed by atoms with van der Waals surface area (Å²) in [5, 5.41) is 121. The predicted molar refractivity (Wildman–Crippen MR) is 378 cm³/mol. The number of allylic oxidation sites excluding steroid dienone is 12. The highest BCUT2D eigenvalue weighted by Gasteiger charge is 2.53. The van der Waals surface area contributed by atoms with Crippen molar-refractivity contribution in [3.8, 4) is 0 Å². The van der Waals surface area contributed by atoms with Crippen LogP contribution in [0.1, 0.15) is 277 Å². The second-order valence-corrected chi connectivity index (χ2v) is 27.1. The molecule has 17 atom stereocenters. The number of aliphatic hydroxyl groups excluding tert-OH is 11. The van der Waals surface area contributed by atoms with E-state index in [1.807, 2.05) is 0 Å². The molecule has 0 saturated carbocycles. The third-order valence-electron chi connectivity index (χ3n) is 18.8. The molecule has 0 aromatic rings. The molecule has 12 N–H and O–H groups in total. The molecule has 19 nitrogen and oxygen atoms in total. The third-order valence-corrected chi connectivity index (χ3v) is 18.8. The van der Waals surface area contributed by atoms with E-state index in [1.54, 1.807) is 0 Å². The lowest BCUT2D eigenvalue weighted by Crippen LogP contribution is -2.66. The van der Waals surface area contributed by atoms with Crippen LogP contribution in [0.15, 0.2) is 72.9 Å². The van der Waals surface area contributed by atoms with Crippen LogP contribution < -0.4 is 5.32 Å². The molecule has 558 valence electrons. The quantitative estimate of drug-likeness (QED) is 0.0199. The van der Waals surface area contributed by atoms with Crippen LogP contribution in [0, 0.1) is 0 Å². The molecule has 3 heterocycles. The van der Waals surface area contributed by atoms with E-state index in [9.17, 15) is 61.0 Å². The number of carbonyl (C=O) groups is 1. The number of hydrogen-bond acceptors (Lipinski definition) is 18. The van der Waals surface area contributed by atoms with Gasteiger partial charge < -0.3 is 89.9 Å². The van der Waals surface area contributed by atoms with E-state index in [2.05, 4.69) is 92.1 Å². The summed E-state index contributed by atoms with van der Waals surface area (Å²) < 4.78 is 34.5. The van der Waals surface area contributed by atoms with Crippen molar-refractivity contribution < 1.29 is 89.4 Å². The number of amides is 1. The summed E-state index contributed by atoms with van der Waals surface area (Å²) >= 11 is 0. The fraction of sp³-hybridized carbons (Fsp3) is 0.831. The summed E-state index contributed by atoms with van der Waals surface area (Å²) in [5.41, 5.74) is 0. The lowest BCUT2D eigenvalue weighted by Gasteiger charge is -2.48. The average molecular weight is 1360 g/mol. The molecular weight excluding hydrogens is 1230 g/mol. The average Bonchev–Trinajstić information content (AvgIpc) is 0.788. The first kappa shape index (κ1) is 87.4. The van der Waals surface area contributed by atoms with E-state index < -0.39 is 124 Å². The predicted octanol–water partition coefficient (Wildman–Crippen LogP) is 11.7. The van der Waals surface area contributed by atoms with E-state index >= 15 is 0 Å². The molecule has 3 aliphatic heterocycles. The van der Waals surface area contributed by atoms with E-state index in [0.717, 1.165) is 103 Å². The number of hydrogen-bond donors (Lipinski definition) is 12. The van der Waals surface area contributed by atoms with Crippen molar-refractivity contribution >= 4 is 5.91 Å². The second-order valence-electron chi connectivity index (χ2n) is 27.1. The fourth-order valence-corrected chi connectivity index (χ4v) is 12.7. The van der Waals surface area contributed by atoms with Crippen molar-refractivity contribution in [2.45, 2.75) is 381 Å². The van der Waals surface area contributed by atoms with Crippen LogP contribution in [-0.2, 0) is 33.2 Å². The summed E-state index contributed by atoms with van der Waals surface area (Å²) in [4.78, 5) is 13.5. The number of unbranched alkanes of at least 4 members (excludes halogenated alkanes) is 31. The molecule has 0 aromatic carbocycles. The SMILES string of the molecule is CC/C=C\C/C=C\C/C=C\C/C=C\C/C=C\C/C=C\CCCCCCCCC(=O)NC(COC1OC(CO)C(OC2OC(CO)C(OC3OC(CO)C(O)C(O)C3O)C(O)C2O)C(O)C1O)C(O)CCCCCCCCCCCCCCCCCCCCCCCCCCCC. The van der Waals surface area contributed by atoms with Gasteiger partial charge in [0.2, 0.25) is 5.91 Å². The molecule has 3 rings (SSSR count). The highest BCUT2D eigenvalue weighted by molar-refractivity contribution is 5.76. The van der Waals surface area contributed by atoms with Crippen molar-refractivity contribution in [2.75, 3.05) is 26.4 Å². The molecular formula is C77H137NO18. The van der Waals surface area contributed by atoms with Gasteiger partial charge in [-0.3, -0.25) is 4.79 Å². The van der Waals surface area contributed by atoms with Crippen LogP contribution >= 0.6 is 0 Å². The van der Waals surface area contributed by atoms with Crippen molar-refractivity contribution in [1.82, 2.24) is 5.32 Å². The fourth-order valence-electron chi connectivity index (χ4n) is 12.7. The summed E-state index contributed by atoms with van der Waals surface area (Å²) in [5.74, 6) is -0.257. The van der Waals surface area contributed by atoms with Gasteiger partial charge in [-0.2, -0.15) is 0 Å². The van der Waals surface area contributed by atoms with Crippen molar-refractivity contribution in [1.29, 1.82) is 0 Å². The summed E-state index contributed by atoms with van der Waals surface area (Å²) in [6.07, 6.45) is 46.9. The lowest BCUT2D eigenvalue weighted by molar-refractivity contribution is -0.379. The number of carbonyl (C=O) groups excluding carboxylic acids is 1. The summed E-state index contributed by atoms with van der Waals surface area (Å²) in [7, 11) is 0. The van der Waals surface area contributed by atoms with E-state index in [1.165, 1.54) is 141 Å². The van der Waals surface area contributed by atoms with Gasteiger partial charge in [0.05, 0.1) is 38.6 Å². The van der Waals surface area contributed by atoms with Crippen LogP contribution in [0.5, 0.6) is 0 Å². The van der Waals surface area contributed by atoms with Gasteiger partial charge in [-0.15, -0.1) is 0 Å². The zero-order valence-corrected chi connectivity index (χ0v) is 59.3. The summed E-state index contributed by atoms with van der Waals surface area (Å²) in [6.45, 7) is 1.70. The van der Waals surface area contributed by atoms with Gasteiger partial charge in [0.15, 0.2) is 18.9 Å². The highest BCUT2D eigenvalue weighted by Crippen LogP contribution is 2.33. The first-order valence-electron chi connectivity index (χ1n) is 38.2. The van der Waals surface area contributed by atoms with Gasteiger partial charge >= 0.3 is 0 Å². The second kappa shape index (κ2) is 57.8. The molecule has 3 saturated heterocycles. The van der Waals surface area contributed by atoms with Gasteiger partial charge in [-0.05, 0) is 64.2 Å². The summed E-state index contributed by atoms with van der Waals surface area (Å²) in [6, 6.07) is -0.902. The van der Waals surface area contributed by atoms with Gasteiger partial charge in [-0.25, -0.2) is 0 Å². The maximum absolute atomic E-state index is 13.5. The maximum Gasteiger partial charge on any atom is 0.220 e. The molecule has 3 fully saturated rings. The molecule has 96 heavy (non-hydrogen) atoms. The third kappa shape index (κ3) is 38.3. The smallest absolute Gasteiger partial charge is 0.220 e. The van der Waals surface area contributed by atoms with Crippen LogP contribution in [0.3, 0.4) is 0 Å². The molecule has 0 bridgehead atoms. The number of nitrogens with one attached hydrogen (secondary N) is 1. The Morgan fingerprint density at radius 1 is 0.385 bits per heavy atom. The van der Waals surface area contributed by atoms with Crippen LogP contribution in [-0.4, -0.2) is 193 Å². The Hall–Kier alpha value is -2.77. The Kier molecular flexibility index (Phi) is 52.7. The van der Waals surface area contributed by atoms with E-state index in [4.69, 9.17) is 28.4 Å². The molecule has 0 radical (unpaired) electrons. The first-order valence-corrected chi connectivity index (χ1v) is 38.2.